The van der Waals surface area contributed by atoms with Crippen molar-refractivity contribution in [3.05, 3.63) is 23.8 Å². The van der Waals surface area contributed by atoms with Gasteiger partial charge in [0.25, 0.3) is 0 Å². The number of carbonyl (C=O) groups is 1. The number of methoxy groups -OCH3 is 1. The zero-order chi connectivity index (χ0) is 12.8. The van der Waals surface area contributed by atoms with E-state index in [1.54, 1.807) is 19.2 Å². The van der Waals surface area contributed by atoms with Crippen LogP contribution in [0.3, 0.4) is 0 Å². The van der Waals surface area contributed by atoms with Crippen molar-refractivity contribution in [1.29, 1.82) is 0 Å². The molecule has 2 N–H and O–H groups in total. The summed E-state index contributed by atoms with van der Waals surface area (Å²) >= 11 is 0. The number of amides is 1. The molecule has 1 unspecified atom stereocenters. The highest BCUT2D eigenvalue weighted by Crippen LogP contribution is 2.24. The van der Waals surface area contributed by atoms with E-state index in [0.717, 1.165) is 5.56 Å². The summed E-state index contributed by atoms with van der Waals surface area (Å²) in [5.41, 5.74) is 1.40. The van der Waals surface area contributed by atoms with E-state index in [0.29, 0.717) is 18.5 Å². The quantitative estimate of drug-likeness (QED) is 0.773. The highest BCUT2D eigenvalue weighted by atomic mass is 16.5. The smallest absolute Gasteiger partial charge is 0.224 e. The summed E-state index contributed by atoms with van der Waals surface area (Å²) in [7, 11) is 1.62. The van der Waals surface area contributed by atoms with Crippen molar-refractivity contribution >= 4 is 11.6 Å². The number of aromatic hydroxyl groups is 1. The molecule has 0 saturated heterocycles. The molecule has 1 atom stereocenters. The van der Waals surface area contributed by atoms with E-state index in [1.807, 2.05) is 19.9 Å². The Morgan fingerprint density at radius 3 is 2.82 bits per heavy atom. The van der Waals surface area contributed by atoms with Crippen LogP contribution in [-0.4, -0.2) is 24.2 Å². The highest BCUT2D eigenvalue weighted by molar-refractivity contribution is 5.92. The van der Waals surface area contributed by atoms with Crippen molar-refractivity contribution in [2.75, 3.05) is 12.4 Å². The normalized spacial score (nSPS) is 12.2. The molecule has 0 spiro atoms. The highest BCUT2D eigenvalue weighted by Gasteiger charge is 2.08. The van der Waals surface area contributed by atoms with Crippen LogP contribution in [0.5, 0.6) is 5.75 Å². The van der Waals surface area contributed by atoms with Crippen LogP contribution in [0.25, 0.3) is 0 Å². The molecule has 0 aliphatic carbocycles. The van der Waals surface area contributed by atoms with Crippen molar-refractivity contribution < 1.29 is 14.6 Å². The summed E-state index contributed by atoms with van der Waals surface area (Å²) in [5.74, 6) is -0.0220. The summed E-state index contributed by atoms with van der Waals surface area (Å²) in [4.78, 5) is 11.6. The number of hydrogen-bond acceptors (Lipinski definition) is 3. The van der Waals surface area contributed by atoms with Gasteiger partial charge >= 0.3 is 0 Å². The van der Waals surface area contributed by atoms with Crippen molar-refractivity contribution in [1.82, 2.24) is 0 Å². The topological polar surface area (TPSA) is 58.6 Å². The van der Waals surface area contributed by atoms with Gasteiger partial charge in [0, 0.05) is 13.5 Å². The van der Waals surface area contributed by atoms with Crippen molar-refractivity contribution in [2.24, 2.45) is 0 Å². The first kappa shape index (κ1) is 13.5. The van der Waals surface area contributed by atoms with Gasteiger partial charge in [-0.2, -0.15) is 0 Å². The van der Waals surface area contributed by atoms with Gasteiger partial charge in [0.1, 0.15) is 5.75 Å². The van der Waals surface area contributed by atoms with E-state index in [1.165, 1.54) is 0 Å². The maximum absolute atomic E-state index is 11.6. The van der Waals surface area contributed by atoms with Gasteiger partial charge in [-0.05, 0) is 38.0 Å². The van der Waals surface area contributed by atoms with Gasteiger partial charge in [0.05, 0.1) is 11.8 Å². The first-order chi connectivity index (χ1) is 8.02. The van der Waals surface area contributed by atoms with E-state index in [9.17, 15) is 9.90 Å². The predicted molar refractivity (Wildman–Crippen MR) is 67.2 cm³/mol. The second-order valence-corrected chi connectivity index (χ2v) is 4.15. The molecule has 4 heteroatoms. The number of hydrogen-bond donors (Lipinski definition) is 2. The van der Waals surface area contributed by atoms with Crippen LogP contribution in [0.4, 0.5) is 5.69 Å². The fraction of sp³-hybridized carbons (Fsp3) is 0.462. The van der Waals surface area contributed by atoms with E-state index in [2.05, 4.69) is 5.32 Å². The lowest BCUT2D eigenvalue weighted by Gasteiger charge is -2.10. The minimum Gasteiger partial charge on any atom is -0.506 e. The second kappa shape index (κ2) is 6.25. The van der Waals surface area contributed by atoms with Gasteiger partial charge < -0.3 is 15.2 Å². The molecule has 1 rings (SSSR count). The van der Waals surface area contributed by atoms with E-state index in [-0.39, 0.29) is 17.8 Å². The lowest BCUT2D eigenvalue weighted by atomic mass is 10.2. The summed E-state index contributed by atoms with van der Waals surface area (Å²) in [6.07, 6.45) is 1.10. The lowest BCUT2D eigenvalue weighted by Crippen LogP contribution is -2.15. The molecule has 0 aliphatic heterocycles. The van der Waals surface area contributed by atoms with Gasteiger partial charge in [0.2, 0.25) is 5.91 Å². The minimum atomic E-state index is -0.118. The molecule has 0 fully saturated rings. The summed E-state index contributed by atoms with van der Waals surface area (Å²) in [6, 6.07) is 5.16. The average molecular weight is 237 g/mol. The molecule has 0 aliphatic rings. The number of aryl methyl sites for hydroxylation is 1. The molecule has 0 bridgehead atoms. The molecule has 1 aromatic rings. The molecular weight excluding hydrogens is 218 g/mol. The fourth-order valence-electron chi connectivity index (χ4n) is 1.41. The monoisotopic (exact) mass is 237 g/mol. The number of benzene rings is 1. The van der Waals surface area contributed by atoms with Crippen LogP contribution in [0.2, 0.25) is 0 Å². The number of carbonyl (C=O) groups excluding carboxylic acids is 1. The third kappa shape index (κ3) is 4.44. The maximum atomic E-state index is 11.6. The molecule has 0 aromatic heterocycles. The molecule has 0 saturated carbocycles. The molecule has 0 heterocycles. The van der Waals surface area contributed by atoms with E-state index in [4.69, 9.17) is 4.74 Å². The van der Waals surface area contributed by atoms with Crippen molar-refractivity contribution in [3.8, 4) is 5.75 Å². The van der Waals surface area contributed by atoms with Crippen LogP contribution in [0.15, 0.2) is 18.2 Å². The van der Waals surface area contributed by atoms with Crippen LogP contribution in [0, 0.1) is 6.92 Å². The van der Waals surface area contributed by atoms with E-state index >= 15 is 0 Å². The predicted octanol–water partition coefficient (Wildman–Crippen LogP) is 2.45. The molecule has 17 heavy (non-hydrogen) atoms. The Hall–Kier alpha value is -1.55. The van der Waals surface area contributed by atoms with E-state index < -0.39 is 0 Å². The Labute approximate surface area is 102 Å². The number of phenols is 1. The third-order valence-electron chi connectivity index (χ3n) is 2.61. The Morgan fingerprint density at radius 1 is 1.53 bits per heavy atom. The molecule has 94 valence electrons. The Morgan fingerprint density at radius 2 is 2.24 bits per heavy atom. The SMILES string of the molecule is COC(C)CCC(=O)Nc1ccc(C)cc1O. The standard InChI is InChI=1S/C13H19NO3/c1-9-4-6-11(12(15)8-9)14-13(16)7-5-10(2)17-3/h4,6,8,10,15H,5,7H2,1-3H3,(H,14,16). The fourth-order valence-corrected chi connectivity index (χ4v) is 1.41. The van der Waals surface area contributed by atoms with Crippen molar-refractivity contribution in [2.45, 2.75) is 32.8 Å². The maximum Gasteiger partial charge on any atom is 0.224 e. The van der Waals surface area contributed by atoms with Crippen LogP contribution >= 0.6 is 0 Å². The number of anilines is 1. The van der Waals surface area contributed by atoms with Gasteiger partial charge in [-0.25, -0.2) is 0 Å². The van der Waals surface area contributed by atoms with Crippen molar-refractivity contribution in [3.63, 3.8) is 0 Å². The van der Waals surface area contributed by atoms with Crippen LogP contribution in [0.1, 0.15) is 25.3 Å². The summed E-state index contributed by atoms with van der Waals surface area (Å²) < 4.78 is 5.06. The minimum absolute atomic E-state index is 0.0624. The zero-order valence-electron chi connectivity index (χ0n) is 10.5. The first-order valence-corrected chi connectivity index (χ1v) is 5.65. The number of nitrogens with one attached hydrogen (secondary N) is 1. The Balaban J connectivity index is 2.50. The Kier molecular flexibility index (Phi) is 4.97. The zero-order valence-corrected chi connectivity index (χ0v) is 10.5. The second-order valence-electron chi connectivity index (χ2n) is 4.15. The largest absolute Gasteiger partial charge is 0.506 e. The van der Waals surface area contributed by atoms with Crippen LogP contribution < -0.4 is 5.32 Å². The van der Waals surface area contributed by atoms with Gasteiger partial charge in [-0.15, -0.1) is 0 Å². The first-order valence-electron chi connectivity index (χ1n) is 5.65. The number of phenolic OH excluding ortho intramolecular Hbond substituents is 1. The van der Waals surface area contributed by atoms with Crippen LogP contribution in [-0.2, 0) is 9.53 Å². The number of rotatable bonds is 5. The molecule has 0 radical (unpaired) electrons. The van der Waals surface area contributed by atoms with Gasteiger partial charge in [0.15, 0.2) is 0 Å². The molecule has 4 nitrogen and oxygen atoms in total. The molecule has 1 amide bonds. The average Bonchev–Trinajstić information content (AvgIpc) is 2.29. The third-order valence-corrected chi connectivity index (χ3v) is 2.61. The molecular formula is C13H19NO3. The van der Waals surface area contributed by atoms with Gasteiger partial charge in [-0.3, -0.25) is 4.79 Å². The summed E-state index contributed by atoms with van der Waals surface area (Å²) in [5, 5.41) is 12.3. The lowest BCUT2D eigenvalue weighted by molar-refractivity contribution is -0.116. The summed E-state index contributed by atoms with van der Waals surface area (Å²) in [6.45, 7) is 3.79. The molecule has 1 aromatic carbocycles. The Bertz CT molecular complexity index is 390. The van der Waals surface area contributed by atoms with Gasteiger partial charge in [-0.1, -0.05) is 6.07 Å². The number of ether oxygens (including phenoxy) is 1.